The average Bonchev–Trinajstić information content (AvgIpc) is 3.13. The van der Waals surface area contributed by atoms with Crippen molar-refractivity contribution in [3.63, 3.8) is 0 Å². The van der Waals surface area contributed by atoms with Crippen molar-refractivity contribution < 1.29 is 9.53 Å². The van der Waals surface area contributed by atoms with Crippen LogP contribution in [0.1, 0.15) is 32.6 Å². The number of rotatable bonds is 6. The Balaban J connectivity index is 1.48. The molecule has 1 aromatic carbocycles. The number of carbonyl (C=O) groups is 1. The number of fused-ring (bicyclic) bond motifs is 2. The summed E-state index contributed by atoms with van der Waals surface area (Å²) in [6.45, 7) is 3.20. The Labute approximate surface area is 126 Å². The number of amides is 1. The van der Waals surface area contributed by atoms with Gasteiger partial charge in [0.25, 0.3) is 0 Å². The van der Waals surface area contributed by atoms with Crippen molar-refractivity contribution >= 4 is 5.91 Å². The van der Waals surface area contributed by atoms with E-state index in [0.717, 1.165) is 25.0 Å². The van der Waals surface area contributed by atoms with E-state index < -0.39 is 0 Å². The molecular weight excluding hydrogens is 264 g/mol. The minimum atomic E-state index is -0.199. The topological polar surface area (TPSA) is 50.4 Å². The molecule has 0 aromatic heterocycles. The summed E-state index contributed by atoms with van der Waals surface area (Å²) in [4.78, 5) is 12.6. The van der Waals surface area contributed by atoms with Crippen LogP contribution in [-0.4, -0.2) is 31.1 Å². The van der Waals surface area contributed by atoms with Crippen LogP contribution in [0.3, 0.4) is 0 Å². The Bertz CT molecular complexity index is 491. The van der Waals surface area contributed by atoms with Gasteiger partial charge in [-0.05, 0) is 37.8 Å². The number of hydrogen-bond donors (Lipinski definition) is 2. The van der Waals surface area contributed by atoms with E-state index in [1.54, 1.807) is 0 Å². The highest BCUT2D eigenvalue weighted by molar-refractivity contribution is 5.84. The maximum atomic E-state index is 12.6. The highest BCUT2D eigenvalue weighted by Gasteiger charge is 2.54. The molecule has 21 heavy (non-hydrogen) atoms. The largest absolute Gasteiger partial charge is 0.492 e. The number of ether oxygens (including phenoxy) is 1. The van der Waals surface area contributed by atoms with Gasteiger partial charge in [0, 0.05) is 12.1 Å². The van der Waals surface area contributed by atoms with Crippen LogP contribution in [0.15, 0.2) is 30.3 Å². The van der Waals surface area contributed by atoms with E-state index in [2.05, 4.69) is 17.6 Å². The van der Waals surface area contributed by atoms with Crippen LogP contribution >= 0.6 is 0 Å². The average molecular weight is 288 g/mol. The zero-order valence-electron chi connectivity index (χ0n) is 12.6. The summed E-state index contributed by atoms with van der Waals surface area (Å²) in [5, 5.41) is 6.64. The molecule has 2 aliphatic heterocycles. The number of benzene rings is 1. The van der Waals surface area contributed by atoms with Gasteiger partial charge in [0.15, 0.2) is 0 Å². The Hall–Kier alpha value is -1.55. The second-order valence-corrected chi connectivity index (χ2v) is 6.12. The zero-order valence-corrected chi connectivity index (χ0v) is 12.6. The van der Waals surface area contributed by atoms with Gasteiger partial charge in [-0.15, -0.1) is 0 Å². The fraction of sp³-hybridized carbons (Fsp3) is 0.588. The molecule has 4 nitrogen and oxygen atoms in total. The number of hydrogen-bond acceptors (Lipinski definition) is 3. The Morgan fingerprint density at radius 3 is 2.81 bits per heavy atom. The third-order valence-corrected chi connectivity index (χ3v) is 5.00. The van der Waals surface area contributed by atoms with Crippen molar-refractivity contribution in [1.29, 1.82) is 0 Å². The summed E-state index contributed by atoms with van der Waals surface area (Å²) in [6, 6.07) is 10.6. The van der Waals surface area contributed by atoms with Crippen molar-refractivity contribution in [3.05, 3.63) is 30.3 Å². The normalized spacial score (nSPS) is 30.3. The van der Waals surface area contributed by atoms with Crippen LogP contribution in [0.25, 0.3) is 0 Å². The van der Waals surface area contributed by atoms with Crippen molar-refractivity contribution in [2.24, 2.45) is 5.41 Å². The van der Waals surface area contributed by atoms with Crippen LogP contribution in [0, 0.1) is 5.41 Å². The van der Waals surface area contributed by atoms with Gasteiger partial charge in [-0.1, -0.05) is 25.1 Å². The lowest BCUT2D eigenvalue weighted by molar-refractivity contribution is -0.132. The van der Waals surface area contributed by atoms with Gasteiger partial charge >= 0.3 is 0 Å². The summed E-state index contributed by atoms with van der Waals surface area (Å²) < 4.78 is 5.62. The van der Waals surface area contributed by atoms with Gasteiger partial charge in [-0.3, -0.25) is 4.79 Å². The predicted octanol–water partition coefficient (Wildman–Crippen LogP) is 2.10. The van der Waals surface area contributed by atoms with Gasteiger partial charge in [-0.25, -0.2) is 0 Å². The maximum Gasteiger partial charge on any atom is 0.227 e. The molecule has 2 saturated heterocycles. The quantitative estimate of drug-likeness (QED) is 0.788. The summed E-state index contributed by atoms with van der Waals surface area (Å²) in [7, 11) is 0. The molecular formula is C17H24N2O2. The minimum absolute atomic E-state index is 0.196. The Morgan fingerprint density at radius 1 is 1.38 bits per heavy atom. The zero-order chi connectivity index (χ0) is 14.7. The van der Waals surface area contributed by atoms with Gasteiger partial charge < -0.3 is 15.4 Å². The summed E-state index contributed by atoms with van der Waals surface area (Å²) in [5.74, 6) is 1.04. The van der Waals surface area contributed by atoms with E-state index in [9.17, 15) is 4.79 Å². The molecule has 3 atom stereocenters. The molecule has 2 fully saturated rings. The Kier molecular flexibility index (Phi) is 4.15. The monoisotopic (exact) mass is 288 g/mol. The molecule has 2 bridgehead atoms. The lowest BCUT2D eigenvalue weighted by Crippen LogP contribution is -2.48. The van der Waals surface area contributed by atoms with E-state index in [4.69, 9.17) is 4.74 Å². The van der Waals surface area contributed by atoms with Crippen molar-refractivity contribution in [1.82, 2.24) is 10.6 Å². The summed E-state index contributed by atoms with van der Waals surface area (Å²) >= 11 is 0. The predicted molar refractivity (Wildman–Crippen MR) is 82.2 cm³/mol. The van der Waals surface area contributed by atoms with E-state index >= 15 is 0 Å². The van der Waals surface area contributed by atoms with Crippen LogP contribution in [-0.2, 0) is 4.79 Å². The minimum Gasteiger partial charge on any atom is -0.492 e. The van der Waals surface area contributed by atoms with Gasteiger partial charge in [0.2, 0.25) is 5.91 Å². The number of carbonyl (C=O) groups excluding carboxylic acids is 1. The molecule has 1 aromatic rings. The van der Waals surface area contributed by atoms with Crippen LogP contribution in [0.5, 0.6) is 5.75 Å². The first-order valence-corrected chi connectivity index (χ1v) is 7.97. The highest BCUT2D eigenvalue weighted by Crippen LogP contribution is 2.45. The first-order chi connectivity index (χ1) is 10.2. The van der Waals surface area contributed by atoms with Crippen LogP contribution in [0.4, 0.5) is 0 Å². The lowest BCUT2D eigenvalue weighted by Gasteiger charge is -2.34. The SMILES string of the molecule is CC[C@@]1(C(=O)NCCOc2ccccc2)C[C@@H]2CC[C@H]1N2. The molecule has 0 spiro atoms. The Morgan fingerprint density at radius 2 is 2.19 bits per heavy atom. The van der Waals surface area contributed by atoms with E-state index in [1.165, 1.54) is 6.42 Å². The highest BCUT2D eigenvalue weighted by atomic mass is 16.5. The molecule has 0 unspecified atom stereocenters. The van der Waals surface area contributed by atoms with Gasteiger partial charge in [0.1, 0.15) is 12.4 Å². The maximum absolute atomic E-state index is 12.6. The third-order valence-electron chi connectivity index (χ3n) is 5.00. The molecule has 0 radical (unpaired) electrons. The molecule has 1 amide bonds. The van der Waals surface area contributed by atoms with Crippen molar-refractivity contribution in [2.75, 3.05) is 13.2 Å². The number of para-hydroxylation sites is 1. The van der Waals surface area contributed by atoms with E-state index in [-0.39, 0.29) is 11.3 Å². The smallest absolute Gasteiger partial charge is 0.227 e. The first kappa shape index (κ1) is 14.4. The third kappa shape index (κ3) is 2.77. The van der Waals surface area contributed by atoms with Gasteiger partial charge in [0.05, 0.1) is 12.0 Å². The van der Waals surface area contributed by atoms with E-state index in [0.29, 0.717) is 25.2 Å². The first-order valence-electron chi connectivity index (χ1n) is 7.97. The molecule has 114 valence electrons. The molecule has 0 saturated carbocycles. The molecule has 2 heterocycles. The molecule has 4 heteroatoms. The molecule has 2 N–H and O–H groups in total. The van der Waals surface area contributed by atoms with E-state index in [1.807, 2.05) is 30.3 Å². The van der Waals surface area contributed by atoms with Crippen LogP contribution in [0.2, 0.25) is 0 Å². The van der Waals surface area contributed by atoms with Crippen molar-refractivity contribution in [2.45, 2.75) is 44.7 Å². The number of nitrogens with one attached hydrogen (secondary N) is 2. The van der Waals surface area contributed by atoms with Gasteiger partial charge in [-0.2, -0.15) is 0 Å². The fourth-order valence-corrected chi connectivity index (χ4v) is 3.83. The second kappa shape index (κ2) is 6.06. The summed E-state index contributed by atoms with van der Waals surface area (Å²) in [5.41, 5.74) is -0.199. The molecule has 3 rings (SSSR count). The molecule has 0 aliphatic carbocycles. The fourth-order valence-electron chi connectivity index (χ4n) is 3.83. The standard InChI is InChI=1S/C17H24N2O2/c1-2-17(12-13-8-9-15(17)19-13)16(20)18-10-11-21-14-6-4-3-5-7-14/h3-7,13,15,19H,2,8-12H2,1H3,(H,18,20)/t13-,15+,17+/m0/s1. The van der Waals surface area contributed by atoms with Crippen LogP contribution < -0.4 is 15.4 Å². The lowest BCUT2D eigenvalue weighted by atomic mass is 9.71. The summed E-state index contributed by atoms with van der Waals surface area (Å²) in [6.07, 6.45) is 4.25. The second-order valence-electron chi connectivity index (χ2n) is 6.12. The van der Waals surface area contributed by atoms with Crippen molar-refractivity contribution in [3.8, 4) is 5.75 Å². The molecule has 2 aliphatic rings.